The Balaban J connectivity index is 1.84. The summed E-state index contributed by atoms with van der Waals surface area (Å²) in [5.74, 6) is 0. The average Bonchev–Trinajstić information content (AvgIpc) is 2.38. The largest absolute Gasteiger partial charge is 0.123 e. The van der Waals surface area contributed by atoms with Crippen LogP contribution in [-0.2, 0) is 12.8 Å². The van der Waals surface area contributed by atoms with E-state index in [1.165, 1.54) is 11.1 Å². The lowest BCUT2D eigenvalue weighted by Gasteiger charge is -2.09. The minimum Gasteiger partial charge on any atom is -0.123 e. The van der Waals surface area contributed by atoms with Crippen molar-refractivity contribution in [3.63, 3.8) is 0 Å². The molecule has 0 radical (unpaired) electrons. The zero-order valence-electron chi connectivity index (χ0n) is 10.2. The third-order valence-corrected chi connectivity index (χ3v) is 3.54. The van der Waals surface area contributed by atoms with Gasteiger partial charge in [-0.15, -0.1) is 11.6 Å². The van der Waals surface area contributed by atoms with Gasteiger partial charge in [0.25, 0.3) is 0 Å². The molecular formula is C16H16Cl2. The molecule has 2 rings (SSSR count). The zero-order chi connectivity index (χ0) is 12.8. The molecule has 0 aromatic heterocycles. The maximum absolute atomic E-state index is 6.37. The fraction of sp³-hybridized carbons (Fsp3) is 0.250. The van der Waals surface area contributed by atoms with Crippen LogP contribution in [0.3, 0.4) is 0 Å². The molecule has 0 aliphatic rings. The first-order valence-electron chi connectivity index (χ1n) is 6.16. The summed E-state index contributed by atoms with van der Waals surface area (Å²) in [4.78, 5) is 0. The van der Waals surface area contributed by atoms with Crippen molar-refractivity contribution in [2.24, 2.45) is 0 Å². The number of rotatable bonds is 5. The number of aryl methyl sites for hydroxylation is 1. The van der Waals surface area contributed by atoms with Gasteiger partial charge in [-0.3, -0.25) is 0 Å². The molecule has 0 fully saturated rings. The fourth-order valence-corrected chi connectivity index (χ4v) is 2.49. The summed E-state index contributed by atoms with van der Waals surface area (Å²) in [7, 11) is 0. The number of hydrogen-bond acceptors (Lipinski definition) is 0. The number of halogens is 2. The van der Waals surface area contributed by atoms with Crippen molar-refractivity contribution in [3.05, 3.63) is 70.7 Å². The highest BCUT2D eigenvalue weighted by molar-refractivity contribution is 6.30. The topological polar surface area (TPSA) is 0 Å². The molecule has 94 valence electrons. The highest BCUT2D eigenvalue weighted by atomic mass is 35.5. The molecule has 0 spiro atoms. The van der Waals surface area contributed by atoms with E-state index in [1.807, 2.05) is 24.3 Å². The number of alkyl halides is 1. The Hall–Kier alpha value is -0.980. The molecule has 2 aromatic rings. The van der Waals surface area contributed by atoms with Gasteiger partial charge in [-0.25, -0.2) is 0 Å². The fourth-order valence-electron chi connectivity index (χ4n) is 1.99. The Morgan fingerprint density at radius 2 is 1.61 bits per heavy atom. The Morgan fingerprint density at radius 3 is 2.33 bits per heavy atom. The van der Waals surface area contributed by atoms with Crippen LogP contribution < -0.4 is 0 Å². The minimum atomic E-state index is 0.156. The molecule has 0 nitrogen and oxygen atoms in total. The molecule has 0 saturated carbocycles. The van der Waals surface area contributed by atoms with Gasteiger partial charge in [0, 0.05) is 10.4 Å². The standard InChI is InChI=1S/C16H16Cl2/c17-15-8-4-7-14(11-15)12-16(18)10-9-13-5-2-1-3-6-13/h1-8,11,16H,9-10,12H2. The first-order valence-corrected chi connectivity index (χ1v) is 6.98. The van der Waals surface area contributed by atoms with E-state index in [2.05, 4.69) is 30.3 Å². The molecular weight excluding hydrogens is 263 g/mol. The van der Waals surface area contributed by atoms with Crippen molar-refractivity contribution in [1.82, 2.24) is 0 Å². The van der Waals surface area contributed by atoms with E-state index in [-0.39, 0.29) is 5.38 Å². The second kappa shape index (κ2) is 6.82. The summed E-state index contributed by atoms with van der Waals surface area (Å²) >= 11 is 12.3. The van der Waals surface area contributed by atoms with E-state index in [1.54, 1.807) is 0 Å². The monoisotopic (exact) mass is 278 g/mol. The van der Waals surface area contributed by atoms with E-state index < -0.39 is 0 Å². The van der Waals surface area contributed by atoms with Gasteiger partial charge in [0.15, 0.2) is 0 Å². The molecule has 18 heavy (non-hydrogen) atoms. The molecule has 0 amide bonds. The van der Waals surface area contributed by atoms with Gasteiger partial charge >= 0.3 is 0 Å². The predicted molar refractivity (Wildman–Crippen MR) is 79.6 cm³/mol. The third-order valence-electron chi connectivity index (χ3n) is 2.94. The lowest BCUT2D eigenvalue weighted by Crippen LogP contribution is -2.05. The van der Waals surface area contributed by atoms with Crippen molar-refractivity contribution in [2.45, 2.75) is 24.6 Å². The summed E-state index contributed by atoms with van der Waals surface area (Å²) in [6, 6.07) is 18.4. The van der Waals surface area contributed by atoms with E-state index in [4.69, 9.17) is 23.2 Å². The van der Waals surface area contributed by atoms with Crippen LogP contribution in [0.1, 0.15) is 17.5 Å². The van der Waals surface area contributed by atoms with Crippen molar-refractivity contribution < 1.29 is 0 Å². The maximum Gasteiger partial charge on any atom is 0.0408 e. The molecule has 1 unspecified atom stereocenters. The summed E-state index contributed by atoms with van der Waals surface area (Å²) in [6.07, 6.45) is 2.88. The summed E-state index contributed by atoms with van der Waals surface area (Å²) in [5.41, 5.74) is 2.55. The van der Waals surface area contributed by atoms with Crippen LogP contribution >= 0.6 is 23.2 Å². The molecule has 0 aliphatic carbocycles. The van der Waals surface area contributed by atoms with Gasteiger partial charge in [0.05, 0.1) is 0 Å². The maximum atomic E-state index is 6.37. The third kappa shape index (κ3) is 4.36. The Labute approximate surface area is 119 Å². The van der Waals surface area contributed by atoms with E-state index >= 15 is 0 Å². The summed E-state index contributed by atoms with van der Waals surface area (Å²) in [5, 5.41) is 0.933. The van der Waals surface area contributed by atoms with Crippen LogP contribution in [0.15, 0.2) is 54.6 Å². The minimum absolute atomic E-state index is 0.156. The lowest BCUT2D eigenvalue weighted by atomic mass is 10.0. The summed E-state index contributed by atoms with van der Waals surface area (Å²) in [6.45, 7) is 0. The first kappa shape index (κ1) is 13.5. The highest BCUT2D eigenvalue weighted by Crippen LogP contribution is 2.17. The second-order valence-corrected chi connectivity index (χ2v) is 5.51. The molecule has 0 saturated heterocycles. The molecule has 2 aromatic carbocycles. The number of hydrogen-bond donors (Lipinski definition) is 0. The molecule has 0 heterocycles. The second-order valence-electron chi connectivity index (χ2n) is 4.46. The van der Waals surface area contributed by atoms with Crippen LogP contribution in [-0.4, -0.2) is 5.38 Å². The smallest absolute Gasteiger partial charge is 0.0408 e. The normalized spacial score (nSPS) is 12.3. The highest BCUT2D eigenvalue weighted by Gasteiger charge is 2.06. The van der Waals surface area contributed by atoms with Gasteiger partial charge in [0.2, 0.25) is 0 Å². The first-order chi connectivity index (χ1) is 8.74. The van der Waals surface area contributed by atoms with Crippen LogP contribution in [0, 0.1) is 0 Å². The van der Waals surface area contributed by atoms with Crippen molar-refractivity contribution in [1.29, 1.82) is 0 Å². The Kier molecular flexibility index (Phi) is 5.10. The van der Waals surface area contributed by atoms with Gasteiger partial charge in [-0.2, -0.15) is 0 Å². The van der Waals surface area contributed by atoms with Gasteiger partial charge < -0.3 is 0 Å². The van der Waals surface area contributed by atoms with Crippen molar-refractivity contribution >= 4 is 23.2 Å². The Morgan fingerprint density at radius 1 is 0.889 bits per heavy atom. The average molecular weight is 279 g/mol. The molecule has 0 bridgehead atoms. The van der Waals surface area contributed by atoms with Crippen molar-refractivity contribution in [2.75, 3.05) is 0 Å². The molecule has 0 aliphatic heterocycles. The van der Waals surface area contributed by atoms with Gasteiger partial charge in [-0.05, 0) is 42.5 Å². The zero-order valence-corrected chi connectivity index (χ0v) is 11.7. The molecule has 0 N–H and O–H groups in total. The Bertz CT molecular complexity index is 479. The molecule has 1 atom stereocenters. The van der Waals surface area contributed by atoms with Gasteiger partial charge in [-0.1, -0.05) is 54.1 Å². The predicted octanol–water partition coefficient (Wildman–Crippen LogP) is 5.12. The SMILES string of the molecule is Clc1cccc(CC(Cl)CCc2ccccc2)c1. The lowest BCUT2D eigenvalue weighted by molar-refractivity contribution is 0.743. The van der Waals surface area contributed by atoms with Crippen LogP contribution in [0.4, 0.5) is 0 Å². The number of benzene rings is 2. The van der Waals surface area contributed by atoms with Crippen LogP contribution in [0.5, 0.6) is 0 Å². The molecule has 2 heteroatoms. The van der Waals surface area contributed by atoms with E-state index in [0.29, 0.717) is 0 Å². The van der Waals surface area contributed by atoms with E-state index in [0.717, 1.165) is 24.3 Å². The summed E-state index contributed by atoms with van der Waals surface area (Å²) < 4.78 is 0. The van der Waals surface area contributed by atoms with Crippen molar-refractivity contribution in [3.8, 4) is 0 Å². The van der Waals surface area contributed by atoms with Crippen LogP contribution in [0.25, 0.3) is 0 Å². The van der Waals surface area contributed by atoms with Crippen LogP contribution in [0.2, 0.25) is 5.02 Å². The van der Waals surface area contributed by atoms with Gasteiger partial charge in [0.1, 0.15) is 0 Å². The quantitative estimate of drug-likeness (QED) is 0.666. The van der Waals surface area contributed by atoms with E-state index in [9.17, 15) is 0 Å².